The van der Waals surface area contributed by atoms with E-state index in [1.807, 2.05) is 36.1 Å². The van der Waals surface area contributed by atoms with Crippen LogP contribution in [-0.4, -0.2) is 36.5 Å². The molecule has 1 saturated heterocycles. The molecule has 0 aromatic heterocycles. The highest BCUT2D eigenvalue weighted by Gasteiger charge is 2.29. The van der Waals surface area contributed by atoms with Crippen LogP contribution in [0.1, 0.15) is 33.1 Å². The maximum Gasteiger partial charge on any atom is 0.239 e. The van der Waals surface area contributed by atoms with Crippen molar-refractivity contribution >= 4 is 17.5 Å². The average Bonchev–Trinajstić information content (AvgIpc) is 2.59. The quantitative estimate of drug-likeness (QED) is 0.865. The second kappa shape index (κ2) is 8.55. The summed E-state index contributed by atoms with van der Waals surface area (Å²) in [6.45, 7) is 6.18. The van der Waals surface area contributed by atoms with Gasteiger partial charge in [0.05, 0.1) is 17.7 Å². The zero-order valence-corrected chi connectivity index (χ0v) is 14.8. The first-order valence-electron chi connectivity index (χ1n) is 8.44. The number of hydrogen-bond donors (Lipinski definition) is 1. The second-order valence-corrected chi connectivity index (χ2v) is 6.85. The number of hydrogen-bond acceptors (Lipinski definition) is 3. The van der Waals surface area contributed by atoms with Gasteiger partial charge in [-0.25, -0.2) is 0 Å². The first-order chi connectivity index (χ1) is 11.0. The van der Waals surface area contributed by atoms with Crippen LogP contribution in [0.5, 0.6) is 5.75 Å². The molecule has 1 aliphatic heterocycles. The van der Waals surface area contributed by atoms with Gasteiger partial charge < -0.3 is 15.4 Å². The van der Waals surface area contributed by atoms with Gasteiger partial charge in [0.15, 0.2) is 0 Å². The lowest BCUT2D eigenvalue weighted by atomic mass is 9.95. The van der Waals surface area contributed by atoms with Gasteiger partial charge >= 0.3 is 0 Å². The minimum absolute atomic E-state index is 0.0711. The fourth-order valence-corrected chi connectivity index (χ4v) is 3.07. The fraction of sp³-hybridized carbons (Fsp3) is 0.611. The van der Waals surface area contributed by atoms with Crippen LogP contribution in [0.25, 0.3) is 0 Å². The summed E-state index contributed by atoms with van der Waals surface area (Å²) in [6.07, 6.45) is 2.97. The topological polar surface area (TPSA) is 55.6 Å². The summed E-state index contributed by atoms with van der Waals surface area (Å²) in [7, 11) is 0. The number of carbonyl (C=O) groups is 1. The molecule has 0 bridgehead atoms. The SMILES string of the molecule is CCC(C)C(N)C(=O)N1CCCC(COc2ccccc2Cl)C1. The maximum atomic E-state index is 12.5. The molecule has 1 aromatic rings. The van der Waals surface area contributed by atoms with E-state index in [0.717, 1.165) is 25.8 Å². The Bertz CT molecular complexity index is 523. The Morgan fingerprint density at radius 1 is 1.48 bits per heavy atom. The van der Waals surface area contributed by atoms with E-state index in [1.165, 1.54) is 0 Å². The van der Waals surface area contributed by atoms with Gasteiger partial charge in [0.1, 0.15) is 5.75 Å². The summed E-state index contributed by atoms with van der Waals surface area (Å²) < 4.78 is 5.83. The molecule has 3 atom stereocenters. The second-order valence-electron chi connectivity index (χ2n) is 6.45. The molecule has 3 unspecified atom stereocenters. The van der Waals surface area contributed by atoms with Crippen molar-refractivity contribution in [2.24, 2.45) is 17.6 Å². The van der Waals surface area contributed by atoms with Crippen molar-refractivity contribution in [3.8, 4) is 5.75 Å². The minimum Gasteiger partial charge on any atom is -0.492 e. The summed E-state index contributed by atoms with van der Waals surface area (Å²) in [6, 6.07) is 7.07. The summed E-state index contributed by atoms with van der Waals surface area (Å²) in [5, 5.41) is 0.620. The number of piperidine rings is 1. The molecular formula is C18H27ClN2O2. The van der Waals surface area contributed by atoms with Crippen LogP contribution in [0, 0.1) is 11.8 Å². The molecule has 1 fully saturated rings. The smallest absolute Gasteiger partial charge is 0.239 e. The number of likely N-dealkylation sites (tertiary alicyclic amines) is 1. The molecule has 5 heteroatoms. The normalized spacial score (nSPS) is 20.9. The molecule has 1 heterocycles. The Morgan fingerprint density at radius 2 is 2.22 bits per heavy atom. The van der Waals surface area contributed by atoms with E-state index in [1.54, 1.807) is 0 Å². The van der Waals surface area contributed by atoms with Crippen molar-refractivity contribution in [3.63, 3.8) is 0 Å². The monoisotopic (exact) mass is 338 g/mol. The number of benzene rings is 1. The Morgan fingerprint density at radius 3 is 2.91 bits per heavy atom. The summed E-state index contributed by atoms with van der Waals surface area (Å²) in [4.78, 5) is 14.4. The summed E-state index contributed by atoms with van der Waals surface area (Å²) in [5.74, 6) is 1.31. The van der Waals surface area contributed by atoms with Crippen LogP contribution in [0.3, 0.4) is 0 Å². The van der Waals surface area contributed by atoms with Gasteiger partial charge in [-0.2, -0.15) is 0 Å². The molecule has 4 nitrogen and oxygen atoms in total. The van der Waals surface area contributed by atoms with E-state index in [9.17, 15) is 4.79 Å². The van der Waals surface area contributed by atoms with Gasteiger partial charge in [0, 0.05) is 19.0 Å². The fourth-order valence-electron chi connectivity index (χ4n) is 2.88. The van der Waals surface area contributed by atoms with E-state index < -0.39 is 6.04 Å². The lowest BCUT2D eigenvalue weighted by Crippen LogP contribution is -2.51. The van der Waals surface area contributed by atoms with Crippen LogP contribution < -0.4 is 10.5 Å². The number of rotatable bonds is 6. The van der Waals surface area contributed by atoms with Gasteiger partial charge in [-0.3, -0.25) is 4.79 Å². The van der Waals surface area contributed by atoms with Crippen molar-refractivity contribution in [2.75, 3.05) is 19.7 Å². The number of para-hydroxylation sites is 1. The number of carbonyl (C=O) groups excluding carboxylic acids is 1. The van der Waals surface area contributed by atoms with Crippen LogP contribution in [-0.2, 0) is 4.79 Å². The van der Waals surface area contributed by atoms with Gasteiger partial charge in [-0.05, 0) is 30.9 Å². The summed E-state index contributed by atoms with van der Waals surface area (Å²) >= 11 is 6.11. The highest BCUT2D eigenvalue weighted by Crippen LogP contribution is 2.25. The lowest BCUT2D eigenvalue weighted by Gasteiger charge is -2.35. The Kier molecular flexibility index (Phi) is 6.72. The highest BCUT2D eigenvalue weighted by atomic mass is 35.5. The zero-order chi connectivity index (χ0) is 16.8. The molecule has 0 radical (unpaired) electrons. The predicted molar refractivity (Wildman–Crippen MR) is 93.7 cm³/mol. The van der Waals surface area contributed by atoms with E-state index in [4.69, 9.17) is 22.1 Å². The largest absolute Gasteiger partial charge is 0.492 e. The first-order valence-corrected chi connectivity index (χ1v) is 8.82. The van der Waals surface area contributed by atoms with E-state index in [-0.39, 0.29) is 11.8 Å². The van der Waals surface area contributed by atoms with Gasteiger partial charge in [0.2, 0.25) is 5.91 Å². The third-order valence-electron chi connectivity index (χ3n) is 4.68. The molecule has 2 rings (SSSR count). The number of amides is 1. The van der Waals surface area contributed by atoms with Gasteiger partial charge in [-0.1, -0.05) is 44.0 Å². The van der Waals surface area contributed by atoms with Gasteiger partial charge in [-0.15, -0.1) is 0 Å². The third-order valence-corrected chi connectivity index (χ3v) is 5.00. The molecular weight excluding hydrogens is 312 g/mol. The molecule has 2 N–H and O–H groups in total. The molecule has 128 valence electrons. The van der Waals surface area contributed by atoms with Crippen molar-refractivity contribution in [2.45, 2.75) is 39.2 Å². The molecule has 23 heavy (non-hydrogen) atoms. The molecule has 1 aliphatic rings. The first kappa shape index (κ1) is 18.1. The van der Waals surface area contributed by atoms with Crippen LogP contribution in [0.4, 0.5) is 0 Å². The van der Waals surface area contributed by atoms with Crippen LogP contribution in [0.15, 0.2) is 24.3 Å². The highest BCUT2D eigenvalue weighted by molar-refractivity contribution is 6.32. The van der Waals surface area contributed by atoms with Crippen molar-refractivity contribution in [3.05, 3.63) is 29.3 Å². The zero-order valence-electron chi connectivity index (χ0n) is 14.0. The van der Waals surface area contributed by atoms with Crippen molar-refractivity contribution in [1.29, 1.82) is 0 Å². The average molecular weight is 339 g/mol. The molecule has 1 aromatic carbocycles. The summed E-state index contributed by atoms with van der Waals surface area (Å²) in [5.41, 5.74) is 6.09. The molecule has 1 amide bonds. The van der Waals surface area contributed by atoms with Crippen molar-refractivity contribution < 1.29 is 9.53 Å². The van der Waals surface area contributed by atoms with Crippen molar-refractivity contribution in [1.82, 2.24) is 4.90 Å². The number of nitrogens with two attached hydrogens (primary N) is 1. The van der Waals surface area contributed by atoms with E-state index in [2.05, 4.69) is 6.92 Å². The lowest BCUT2D eigenvalue weighted by molar-refractivity contribution is -0.135. The van der Waals surface area contributed by atoms with Crippen LogP contribution >= 0.6 is 11.6 Å². The van der Waals surface area contributed by atoms with E-state index in [0.29, 0.717) is 29.8 Å². The molecule has 0 saturated carbocycles. The maximum absolute atomic E-state index is 12.5. The van der Waals surface area contributed by atoms with Gasteiger partial charge in [0.25, 0.3) is 0 Å². The third kappa shape index (κ3) is 4.85. The minimum atomic E-state index is -0.400. The number of ether oxygens (including phenoxy) is 1. The standard InChI is InChI=1S/C18H27ClN2O2/c1-3-13(2)17(20)18(22)21-10-6-7-14(11-21)12-23-16-9-5-4-8-15(16)19/h4-5,8-9,13-14,17H,3,6-7,10-12,20H2,1-2H3. The van der Waals surface area contributed by atoms with E-state index >= 15 is 0 Å². The predicted octanol–water partition coefficient (Wildman–Crippen LogP) is 3.33. The Balaban J connectivity index is 1.88. The Labute approximate surface area is 143 Å². The molecule has 0 spiro atoms. The van der Waals surface area contributed by atoms with Crippen LogP contribution in [0.2, 0.25) is 5.02 Å². The Hall–Kier alpha value is -1.26. The molecule has 0 aliphatic carbocycles. The number of nitrogens with zero attached hydrogens (tertiary/aromatic N) is 1. The number of halogens is 1.